The third kappa shape index (κ3) is 16.6. The maximum Gasteiger partial charge on any atom is 0.325 e. The molecule has 2 aliphatic rings. The van der Waals surface area contributed by atoms with E-state index in [0.717, 1.165) is 61.3 Å². The first-order valence-corrected chi connectivity index (χ1v) is 28.1. The number of benzene rings is 4. The summed E-state index contributed by atoms with van der Waals surface area (Å²) in [6.07, 6.45) is 7.97. The Balaban J connectivity index is 1.00. The number of aliphatic imine (C=N–C) groups is 2. The van der Waals surface area contributed by atoms with Gasteiger partial charge in [0, 0.05) is 89.6 Å². The molecule has 2 aromatic heterocycles. The number of aromatic nitrogens is 2. The molecule has 5 atom stereocenters. The van der Waals surface area contributed by atoms with Gasteiger partial charge in [-0.15, -0.1) is 0 Å². The number of pyridine rings is 2. The Bertz CT molecular complexity index is 3310. The molecule has 0 saturated carbocycles. The average Bonchev–Trinajstić information content (AvgIpc) is 4.49. The second-order valence-electron chi connectivity index (χ2n) is 22.5. The van der Waals surface area contributed by atoms with E-state index >= 15 is 0 Å². The molecule has 16 nitrogen and oxygen atoms in total. The maximum atomic E-state index is 13.1. The lowest BCUT2D eigenvalue weighted by molar-refractivity contribution is -0.152. The zero-order valence-electron chi connectivity index (χ0n) is 48.8. The Morgan fingerprint density at radius 1 is 0.598 bits per heavy atom. The summed E-state index contributed by atoms with van der Waals surface area (Å²) in [5.74, 6) is 0.952. The SMILES string of the molecule is COC(=O)[C@@H](NCc1cc(Cl)c(OCc2cccc(-c3cccc(COc4cc(OCc5cncc(C6C=N6)c5)c(CN[C@H](C(=O)OC)[C@@H](C)OC(C)(C)C)cc4Cl)c3C)c2C)cc1OCc1cncc(C2=NC2)c1)[C@@H](C)OC(C)(C)C. The highest BCUT2D eigenvalue weighted by atomic mass is 35.5. The van der Waals surface area contributed by atoms with Crippen molar-refractivity contribution >= 4 is 47.1 Å². The lowest BCUT2D eigenvalue weighted by Crippen LogP contribution is -2.48. The quantitative estimate of drug-likeness (QED) is 0.0465. The summed E-state index contributed by atoms with van der Waals surface area (Å²) in [6.45, 7) is 21.4. The van der Waals surface area contributed by atoms with Crippen LogP contribution in [0.15, 0.2) is 108 Å². The standard InChI is InChI=1S/C64H74Cl2N6O10/c1-37-43(35-79-57-23-55(77-33-41-19-45(27-67-25-41)53-31-69-53)47(21-51(57)65)29-71-59(61(73)75-11)39(3)81-63(5,6)7)15-13-17-49(37)50-18-14-16-44(38(50)2)36-80-58-24-56(78-34-42-20-46(28-68-26-42)54-32-70-54)48(22-52(58)66)30-72-60(62(74)76-12)40(4)82-64(8,9)10/h13-28,31,39-40,53,59-60,71-72H,29-30,32-36H2,1-12H3/t39-,40-,53?,59+,60+/m1/s1. The zero-order valence-corrected chi connectivity index (χ0v) is 50.3. The van der Waals surface area contributed by atoms with Gasteiger partial charge in [-0.1, -0.05) is 59.6 Å². The van der Waals surface area contributed by atoms with Crippen molar-refractivity contribution in [3.05, 3.63) is 163 Å². The number of methoxy groups -OCH3 is 2. The number of hydrogen-bond donors (Lipinski definition) is 2. The molecule has 1 unspecified atom stereocenters. The van der Waals surface area contributed by atoms with Crippen LogP contribution in [0.3, 0.4) is 0 Å². The summed E-state index contributed by atoms with van der Waals surface area (Å²) < 4.78 is 48.8. The molecule has 18 heteroatoms. The minimum Gasteiger partial charge on any atom is -0.488 e. The van der Waals surface area contributed by atoms with E-state index in [0.29, 0.717) is 50.7 Å². The predicted molar refractivity (Wildman–Crippen MR) is 319 cm³/mol. The van der Waals surface area contributed by atoms with Crippen molar-refractivity contribution in [3.63, 3.8) is 0 Å². The van der Waals surface area contributed by atoms with E-state index < -0.39 is 47.4 Å². The number of hydrogen-bond acceptors (Lipinski definition) is 16. The second kappa shape index (κ2) is 27.0. The highest BCUT2D eigenvalue weighted by molar-refractivity contribution is 6.32. The van der Waals surface area contributed by atoms with Gasteiger partial charge in [0.2, 0.25) is 0 Å². The fourth-order valence-corrected chi connectivity index (χ4v) is 10.0. The minimum absolute atomic E-state index is 0.0417. The normalized spacial score (nSPS) is 15.2. The van der Waals surface area contributed by atoms with Crippen molar-refractivity contribution < 1.29 is 47.5 Å². The van der Waals surface area contributed by atoms with E-state index in [1.807, 2.05) is 98.0 Å². The molecule has 0 fully saturated rings. The smallest absolute Gasteiger partial charge is 0.325 e. The van der Waals surface area contributed by atoms with Crippen LogP contribution in [0.25, 0.3) is 11.1 Å². The lowest BCUT2D eigenvalue weighted by Gasteiger charge is -2.30. The number of nitrogens with zero attached hydrogens (tertiary/aromatic N) is 4. The van der Waals surface area contributed by atoms with Crippen molar-refractivity contribution in [3.8, 4) is 34.1 Å². The molecule has 4 heterocycles. The Kier molecular flexibility index (Phi) is 20.1. The van der Waals surface area contributed by atoms with Gasteiger partial charge in [0.15, 0.2) is 0 Å². The summed E-state index contributed by atoms with van der Waals surface area (Å²) in [7, 11) is 2.71. The van der Waals surface area contributed by atoms with E-state index in [1.54, 1.807) is 49.1 Å². The lowest BCUT2D eigenvalue weighted by atomic mass is 9.92. The van der Waals surface area contributed by atoms with Crippen LogP contribution in [0.1, 0.15) is 117 Å². The third-order valence-electron chi connectivity index (χ3n) is 13.8. The molecule has 0 spiro atoms. The molecule has 4 aromatic carbocycles. The van der Waals surface area contributed by atoms with Crippen molar-refractivity contribution in [1.29, 1.82) is 0 Å². The minimum atomic E-state index is -0.781. The number of halogens is 2. The van der Waals surface area contributed by atoms with E-state index in [4.69, 9.17) is 61.1 Å². The van der Waals surface area contributed by atoms with Gasteiger partial charge in [-0.05, 0) is 127 Å². The molecular weight excluding hydrogens is 1080 g/mol. The van der Waals surface area contributed by atoms with Gasteiger partial charge in [-0.25, -0.2) is 0 Å². The summed E-state index contributed by atoms with van der Waals surface area (Å²) in [6, 6.07) is 22.0. The van der Waals surface area contributed by atoms with Gasteiger partial charge in [0.05, 0.1) is 59.9 Å². The first kappa shape index (κ1) is 61.2. The zero-order chi connectivity index (χ0) is 58.9. The van der Waals surface area contributed by atoms with Gasteiger partial charge in [0.1, 0.15) is 67.6 Å². The van der Waals surface area contributed by atoms with Gasteiger partial charge in [-0.3, -0.25) is 40.2 Å². The molecule has 2 aliphatic heterocycles. The molecule has 0 bridgehead atoms. The predicted octanol–water partition coefficient (Wildman–Crippen LogP) is 12.0. The van der Waals surface area contributed by atoms with Crippen LogP contribution in [0.2, 0.25) is 10.0 Å². The van der Waals surface area contributed by atoms with Crippen LogP contribution in [0.4, 0.5) is 0 Å². The summed E-state index contributed by atoms with van der Waals surface area (Å²) in [4.78, 5) is 43.6. The molecule has 8 rings (SSSR count). The van der Waals surface area contributed by atoms with Crippen LogP contribution in [0.5, 0.6) is 23.0 Å². The Morgan fingerprint density at radius 3 is 1.46 bits per heavy atom. The molecule has 0 amide bonds. The largest absolute Gasteiger partial charge is 0.488 e. The summed E-state index contributed by atoms with van der Waals surface area (Å²) >= 11 is 14.1. The third-order valence-corrected chi connectivity index (χ3v) is 14.4. The second-order valence-corrected chi connectivity index (χ2v) is 23.3. The van der Waals surface area contributed by atoms with E-state index in [2.05, 4.69) is 56.6 Å². The molecule has 2 N–H and O–H groups in total. The molecule has 0 saturated heterocycles. The van der Waals surface area contributed by atoms with E-state index in [9.17, 15) is 9.59 Å². The Hall–Kier alpha value is -6.92. The Labute approximate surface area is 491 Å². The number of carbonyl (C=O) groups excluding carboxylic acids is 2. The van der Waals surface area contributed by atoms with Gasteiger partial charge in [-0.2, -0.15) is 0 Å². The number of nitrogens with one attached hydrogen (secondary N) is 2. The first-order chi connectivity index (χ1) is 39.1. The molecule has 82 heavy (non-hydrogen) atoms. The van der Waals surface area contributed by atoms with Crippen molar-refractivity contribution in [2.45, 2.75) is 150 Å². The van der Waals surface area contributed by atoms with Gasteiger partial charge in [0.25, 0.3) is 0 Å². The molecular formula is C64H74Cl2N6O10. The number of esters is 2. The molecule has 0 radical (unpaired) electrons. The first-order valence-electron chi connectivity index (χ1n) is 27.3. The maximum absolute atomic E-state index is 13.1. The van der Waals surface area contributed by atoms with Crippen LogP contribution in [0, 0.1) is 13.8 Å². The highest BCUT2D eigenvalue weighted by Crippen LogP contribution is 2.38. The number of carbonyl (C=O) groups is 2. The monoisotopic (exact) mass is 1160 g/mol. The van der Waals surface area contributed by atoms with Gasteiger partial charge < -0.3 is 37.9 Å². The van der Waals surface area contributed by atoms with Gasteiger partial charge >= 0.3 is 11.9 Å². The Morgan fingerprint density at radius 2 is 1.04 bits per heavy atom. The summed E-state index contributed by atoms with van der Waals surface area (Å²) in [5.41, 5.74) is 11.1. The highest BCUT2D eigenvalue weighted by Gasteiger charge is 2.32. The van der Waals surface area contributed by atoms with Crippen molar-refractivity contribution in [1.82, 2.24) is 20.6 Å². The number of ether oxygens (including phenoxy) is 8. The molecule has 434 valence electrons. The van der Waals surface area contributed by atoms with Crippen molar-refractivity contribution in [2.24, 2.45) is 9.98 Å². The van der Waals surface area contributed by atoms with E-state index in [-0.39, 0.29) is 45.6 Å². The van der Waals surface area contributed by atoms with Crippen LogP contribution < -0.4 is 29.6 Å². The average molecular weight is 1160 g/mol. The number of rotatable bonds is 27. The fourth-order valence-electron chi connectivity index (χ4n) is 9.55. The van der Waals surface area contributed by atoms with Crippen LogP contribution >= 0.6 is 23.2 Å². The fraction of sp³-hybridized carbons (Fsp3) is 0.406. The van der Waals surface area contributed by atoms with Crippen LogP contribution in [-0.2, 0) is 68.1 Å². The topological polar surface area (TPSA) is 183 Å². The van der Waals surface area contributed by atoms with E-state index in [1.165, 1.54) is 14.2 Å². The molecule has 6 aromatic rings. The molecule has 0 aliphatic carbocycles. The van der Waals surface area contributed by atoms with Crippen LogP contribution in [-0.4, -0.2) is 90.1 Å². The van der Waals surface area contributed by atoms with Crippen molar-refractivity contribution in [2.75, 3.05) is 20.8 Å². The summed E-state index contributed by atoms with van der Waals surface area (Å²) in [5, 5.41) is 7.39.